The van der Waals surface area contributed by atoms with Gasteiger partial charge in [0.1, 0.15) is 0 Å². The minimum absolute atomic E-state index is 0.0489. The zero-order chi connectivity index (χ0) is 21.4. The fraction of sp³-hybridized carbons (Fsp3) is 0.600. The number of hydrogen-bond acceptors (Lipinski definition) is 5. The number of rotatable bonds is 4. The Labute approximate surface area is 171 Å². The van der Waals surface area contributed by atoms with Crippen LogP contribution in [-0.4, -0.2) is 61.4 Å². The Hall–Kier alpha value is -2.13. The van der Waals surface area contributed by atoms with E-state index in [9.17, 15) is 23.1 Å². The van der Waals surface area contributed by atoms with E-state index in [2.05, 4.69) is 10.6 Å². The lowest BCUT2D eigenvalue weighted by molar-refractivity contribution is -0.121. The second-order valence-corrected chi connectivity index (χ2v) is 11.1. The highest BCUT2D eigenvalue weighted by atomic mass is 32.2. The highest BCUT2D eigenvalue weighted by molar-refractivity contribution is 7.92. The zero-order valence-electron chi connectivity index (χ0n) is 17.0. The monoisotopic (exact) mass is 423 g/mol. The van der Waals surface area contributed by atoms with E-state index in [0.29, 0.717) is 18.8 Å². The molecule has 1 aromatic carbocycles. The van der Waals surface area contributed by atoms with Gasteiger partial charge in [-0.25, -0.2) is 13.2 Å². The number of carbonyl (C=O) groups excluding carboxylic acids is 1. The number of likely N-dealkylation sites (tertiary alicyclic amines) is 1. The number of carbonyl (C=O) groups is 2. The van der Waals surface area contributed by atoms with Crippen LogP contribution < -0.4 is 10.6 Å². The van der Waals surface area contributed by atoms with E-state index >= 15 is 0 Å². The van der Waals surface area contributed by atoms with Crippen LogP contribution >= 0.6 is 0 Å². The second kappa shape index (κ2) is 7.95. The highest BCUT2D eigenvalue weighted by Gasteiger charge is 2.43. The van der Waals surface area contributed by atoms with E-state index in [1.165, 1.54) is 17.0 Å². The van der Waals surface area contributed by atoms with Crippen molar-refractivity contribution in [3.63, 3.8) is 0 Å². The molecular formula is C20H29N3O5S. The molecule has 3 N–H and O–H groups in total. The number of carboxylic acid groups (broad SMARTS) is 1. The number of sulfone groups is 1. The van der Waals surface area contributed by atoms with Crippen molar-refractivity contribution in [2.45, 2.75) is 49.8 Å². The van der Waals surface area contributed by atoms with Gasteiger partial charge in [-0.1, -0.05) is 20.8 Å². The fourth-order valence-electron chi connectivity index (χ4n) is 3.90. The average molecular weight is 424 g/mol. The van der Waals surface area contributed by atoms with Crippen molar-refractivity contribution >= 4 is 27.5 Å². The predicted octanol–water partition coefficient (Wildman–Crippen LogP) is 2.18. The van der Waals surface area contributed by atoms with Gasteiger partial charge in [0.15, 0.2) is 9.84 Å². The summed E-state index contributed by atoms with van der Waals surface area (Å²) in [6, 6.07) is 5.86. The Kier molecular flexibility index (Phi) is 5.91. The Morgan fingerprint density at radius 2 is 1.79 bits per heavy atom. The molecule has 0 aromatic heterocycles. The summed E-state index contributed by atoms with van der Waals surface area (Å²) >= 11 is 0. The van der Waals surface area contributed by atoms with Gasteiger partial charge in [0.2, 0.25) is 5.91 Å². The van der Waals surface area contributed by atoms with Crippen LogP contribution in [0, 0.1) is 11.3 Å². The van der Waals surface area contributed by atoms with Gasteiger partial charge in [-0.2, -0.15) is 0 Å². The molecule has 2 aliphatic rings. The van der Waals surface area contributed by atoms with Crippen LogP contribution in [0.5, 0.6) is 0 Å². The molecule has 2 atom stereocenters. The van der Waals surface area contributed by atoms with Crippen LogP contribution in [-0.2, 0) is 14.6 Å². The minimum atomic E-state index is -3.60. The summed E-state index contributed by atoms with van der Waals surface area (Å²) in [5, 5.41) is 14.7. The third kappa shape index (κ3) is 4.56. The second-order valence-electron chi connectivity index (χ2n) is 8.92. The highest BCUT2D eigenvalue weighted by Crippen LogP contribution is 2.36. The normalized spacial score (nSPS) is 23.3. The molecule has 2 saturated heterocycles. The lowest BCUT2D eigenvalue weighted by Gasteiger charge is -2.44. The molecule has 0 spiro atoms. The summed E-state index contributed by atoms with van der Waals surface area (Å²) in [5.74, 6) is -0.124. The molecule has 2 heterocycles. The lowest BCUT2D eigenvalue weighted by atomic mass is 9.80. The molecule has 0 aliphatic carbocycles. The van der Waals surface area contributed by atoms with Gasteiger partial charge in [-0.3, -0.25) is 4.79 Å². The molecule has 1 aromatic rings. The van der Waals surface area contributed by atoms with Crippen molar-refractivity contribution in [2.75, 3.05) is 25.0 Å². The van der Waals surface area contributed by atoms with Crippen LogP contribution in [0.25, 0.3) is 0 Å². The minimum Gasteiger partial charge on any atom is -0.465 e. The summed E-state index contributed by atoms with van der Waals surface area (Å²) in [5.41, 5.74) is 0.200. The summed E-state index contributed by atoms with van der Waals surface area (Å²) in [7, 11) is -3.60. The maximum Gasteiger partial charge on any atom is 0.407 e. The molecule has 2 amide bonds. The molecule has 2 fully saturated rings. The lowest BCUT2D eigenvalue weighted by Crippen LogP contribution is -2.54. The van der Waals surface area contributed by atoms with Crippen molar-refractivity contribution in [3.05, 3.63) is 24.3 Å². The van der Waals surface area contributed by atoms with Gasteiger partial charge in [-0.05, 0) is 42.5 Å². The third-order valence-corrected chi connectivity index (χ3v) is 8.08. The first-order valence-electron chi connectivity index (χ1n) is 9.85. The van der Waals surface area contributed by atoms with E-state index in [4.69, 9.17) is 0 Å². The van der Waals surface area contributed by atoms with E-state index in [0.717, 1.165) is 0 Å². The van der Waals surface area contributed by atoms with E-state index < -0.39 is 21.2 Å². The number of piperidine rings is 1. The number of anilines is 1. The number of nitrogens with zero attached hydrogens (tertiary/aromatic N) is 1. The first-order valence-corrected chi connectivity index (χ1v) is 11.4. The molecule has 160 valence electrons. The van der Waals surface area contributed by atoms with Gasteiger partial charge >= 0.3 is 6.09 Å². The molecule has 2 unspecified atom stereocenters. The summed E-state index contributed by atoms with van der Waals surface area (Å²) in [4.78, 5) is 25.2. The van der Waals surface area contributed by atoms with Crippen molar-refractivity contribution in [1.82, 2.24) is 10.2 Å². The van der Waals surface area contributed by atoms with Crippen LogP contribution in [0.3, 0.4) is 0 Å². The van der Waals surface area contributed by atoms with E-state index in [1.807, 2.05) is 20.8 Å². The van der Waals surface area contributed by atoms with Crippen molar-refractivity contribution in [1.29, 1.82) is 0 Å². The Balaban J connectivity index is 1.74. The smallest absolute Gasteiger partial charge is 0.407 e. The van der Waals surface area contributed by atoms with Crippen molar-refractivity contribution < 1.29 is 23.1 Å². The maximum atomic E-state index is 13.2. The van der Waals surface area contributed by atoms with Crippen LogP contribution in [0.15, 0.2) is 29.2 Å². The number of amides is 2. The third-order valence-electron chi connectivity index (χ3n) is 5.84. The van der Waals surface area contributed by atoms with Gasteiger partial charge in [0, 0.05) is 31.4 Å². The quantitative estimate of drug-likeness (QED) is 0.684. The molecule has 0 saturated carbocycles. The first kappa shape index (κ1) is 21.6. The standard InChI is InChI=1S/C20H29N3O5S/c1-20(2,3)17-10-16(8-9-23(17)19(25)26)29(27,28)15-6-4-14(5-7-15)22-18(24)13-11-21-12-13/h4-7,13,16-17,21H,8-12H2,1-3H3,(H,22,24)(H,25,26). The fourth-order valence-corrected chi connectivity index (χ4v) is 5.66. The van der Waals surface area contributed by atoms with Crippen molar-refractivity contribution in [2.24, 2.45) is 11.3 Å². The molecule has 0 radical (unpaired) electrons. The topological polar surface area (TPSA) is 116 Å². The number of hydrogen-bond donors (Lipinski definition) is 3. The molecule has 3 rings (SSSR count). The molecule has 29 heavy (non-hydrogen) atoms. The summed E-state index contributed by atoms with van der Waals surface area (Å²) in [6.45, 7) is 7.29. The summed E-state index contributed by atoms with van der Waals surface area (Å²) < 4.78 is 26.3. The number of nitrogens with one attached hydrogen (secondary N) is 2. The summed E-state index contributed by atoms with van der Waals surface area (Å²) in [6.07, 6.45) is -0.470. The van der Waals surface area contributed by atoms with Gasteiger partial charge in [0.25, 0.3) is 0 Å². The largest absolute Gasteiger partial charge is 0.465 e. The van der Waals surface area contributed by atoms with Crippen LogP contribution in [0.4, 0.5) is 10.5 Å². The maximum absolute atomic E-state index is 13.2. The first-order chi connectivity index (χ1) is 13.5. The molecule has 8 nitrogen and oxygen atoms in total. The predicted molar refractivity (Wildman–Crippen MR) is 110 cm³/mol. The Morgan fingerprint density at radius 1 is 1.17 bits per heavy atom. The van der Waals surface area contributed by atoms with E-state index in [1.54, 1.807) is 12.1 Å². The molecule has 0 bridgehead atoms. The SMILES string of the molecule is CC(C)(C)C1CC(S(=O)(=O)c2ccc(NC(=O)C3CNC3)cc2)CCN1C(=O)O. The van der Waals surface area contributed by atoms with Crippen LogP contribution in [0.2, 0.25) is 0 Å². The molecule has 2 aliphatic heterocycles. The number of benzene rings is 1. The van der Waals surface area contributed by atoms with Gasteiger partial charge in [-0.15, -0.1) is 0 Å². The van der Waals surface area contributed by atoms with Crippen LogP contribution in [0.1, 0.15) is 33.6 Å². The van der Waals surface area contributed by atoms with E-state index in [-0.39, 0.29) is 47.6 Å². The van der Waals surface area contributed by atoms with Gasteiger partial charge in [0.05, 0.1) is 16.1 Å². The Bertz CT molecular complexity index is 872. The van der Waals surface area contributed by atoms with Crippen molar-refractivity contribution in [3.8, 4) is 0 Å². The zero-order valence-corrected chi connectivity index (χ0v) is 17.8. The Morgan fingerprint density at radius 3 is 2.28 bits per heavy atom. The molecule has 9 heteroatoms. The average Bonchev–Trinajstić information content (AvgIpc) is 2.59. The van der Waals surface area contributed by atoms with Gasteiger partial charge < -0.3 is 20.6 Å². The molecular weight excluding hydrogens is 394 g/mol.